The molecule has 200 valence electrons. The number of likely N-dealkylation sites (tertiary alicyclic amines) is 1. The van der Waals surface area contributed by atoms with Crippen LogP contribution in [0.15, 0.2) is 25.0 Å². The second-order valence-corrected chi connectivity index (χ2v) is 10.6. The Hall–Kier alpha value is -2.88. The van der Waals surface area contributed by atoms with Crippen LogP contribution in [0.25, 0.3) is 11.5 Å². The van der Waals surface area contributed by atoms with Gasteiger partial charge in [0.1, 0.15) is 0 Å². The summed E-state index contributed by atoms with van der Waals surface area (Å²) in [7, 11) is 0. The first-order chi connectivity index (χ1) is 17.8. The summed E-state index contributed by atoms with van der Waals surface area (Å²) in [5.41, 5.74) is 4.16. The highest BCUT2D eigenvalue weighted by Crippen LogP contribution is 2.42. The average molecular weight is 513 g/mol. The van der Waals surface area contributed by atoms with E-state index in [1.165, 1.54) is 19.3 Å². The van der Waals surface area contributed by atoms with Gasteiger partial charge in [-0.2, -0.15) is 10.2 Å². The molecule has 1 N–H and O–H groups in total. The van der Waals surface area contributed by atoms with Gasteiger partial charge < -0.3 is 5.32 Å². The Kier molecular flexibility index (Phi) is 7.29. The number of alkyl halides is 2. The molecule has 5 rings (SSSR count). The molecule has 8 nitrogen and oxygen atoms in total. The van der Waals surface area contributed by atoms with Crippen molar-refractivity contribution >= 4 is 11.5 Å². The van der Waals surface area contributed by atoms with Crippen LogP contribution in [-0.4, -0.2) is 53.3 Å². The molecule has 4 heterocycles. The normalized spacial score (nSPS) is 20.7. The molecular weight excluding hydrogens is 474 g/mol. The molecule has 0 amide bonds. The summed E-state index contributed by atoms with van der Waals surface area (Å²) in [6, 6.07) is 1.80. The van der Waals surface area contributed by atoms with Crippen LogP contribution in [-0.2, 0) is 6.54 Å². The van der Waals surface area contributed by atoms with Crippen LogP contribution in [0.1, 0.15) is 93.7 Å². The van der Waals surface area contributed by atoms with Gasteiger partial charge in [0.05, 0.1) is 46.8 Å². The van der Waals surface area contributed by atoms with Gasteiger partial charge in [-0.25, -0.2) is 23.3 Å². The fraction of sp³-hybridized carbons (Fsp3) is 0.630. The fourth-order valence-electron chi connectivity index (χ4n) is 5.89. The SMILES string of the molecule is C=C(NC(c1cn2nc(C)c(C(C)N3CCCCC3)nc2n1)C1CCC(F)(F)CC1)c1ccnn1CC. The van der Waals surface area contributed by atoms with Crippen molar-refractivity contribution < 1.29 is 8.78 Å². The molecule has 2 fully saturated rings. The number of hydrogen-bond donors (Lipinski definition) is 1. The highest BCUT2D eigenvalue weighted by atomic mass is 19.3. The predicted octanol–water partition coefficient (Wildman–Crippen LogP) is 5.32. The zero-order chi connectivity index (χ0) is 26.2. The molecule has 37 heavy (non-hydrogen) atoms. The number of fused-ring (bicyclic) bond motifs is 1. The second kappa shape index (κ2) is 10.5. The van der Waals surface area contributed by atoms with Crippen molar-refractivity contribution in [2.24, 2.45) is 5.92 Å². The molecule has 10 heteroatoms. The summed E-state index contributed by atoms with van der Waals surface area (Å²) < 4.78 is 31.6. The minimum absolute atomic E-state index is 0.00729. The Morgan fingerprint density at radius 2 is 1.92 bits per heavy atom. The van der Waals surface area contributed by atoms with Crippen LogP contribution < -0.4 is 5.32 Å². The molecule has 1 aliphatic carbocycles. The topological polar surface area (TPSA) is 76.2 Å². The van der Waals surface area contributed by atoms with E-state index in [0.717, 1.165) is 35.9 Å². The molecule has 0 bridgehead atoms. The van der Waals surface area contributed by atoms with Crippen LogP contribution in [0.4, 0.5) is 8.78 Å². The van der Waals surface area contributed by atoms with Crippen molar-refractivity contribution in [3.8, 4) is 0 Å². The molecule has 1 aliphatic heterocycles. The van der Waals surface area contributed by atoms with Crippen LogP contribution in [0.2, 0.25) is 0 Å². The summed E-state index contributed by atoms with van der Waals surface area (Å²) in [6.07, 6.45) is 7.93. The van der Waals surface area contributed by atoms with Gasteiger partial charge in [0.2, 0.25) is 5.92 Å². The van der Waals surface area contributed by atoms with E-state index < -0.39 is 5.92 Å². The number of nitrogens with one attached hydrogen (secondary N) is 1. The minimum atomic E-state index is -2.60. The van der Waals surface area contributed by atoms with E-state index in [0.29, 0.717) is 30.9 Å². The van der Waals surface area contributed by atoms with Crippen molar-refractivity contribution in [3.05, 3.63) is 47.8 Å². The van der Waals surface area contributed by atoms with Crippen molar-refractivity contribution in [1.82, 2.24) is 39.6 Å². The van der Waals surface area contributed by atoms with E-state index in [-0.39, 0.29) is 30.8 Å². The van der Waals surface area contributed by atoms with E-state index in [1.54, 1.807) is 10.7 Å². The van der Waals surface area contributed by atoms with Gasteiger partial charge in [-0.15, -0.1) is 0 Å². The highest BCUT2D eigenvalue weighted by Gasteiger charge is 2.39. The molecule has 2 aliphatic rings. The standard InChI is InChI=1S/C27H38F2N8/c1-5-36-23(11-14-30-36)18(2)31-25(21-9-12-27(28,29)13-10-21)22-17-37-26(32-22)33-24(19(3)34-37)20(4)35-15-7-6-8-16-35/h11,14,17,20-21,25,31H,2,5-10,12-13,15-16H2,1,3-4H3. The number of piperidine rings is 1. The van der Waals surface area contributed by atoms with Gasteiger partial charge in [0, 0.05) is 25.6 Å². The van der Waals surface area contributed by atoms with E-state index in [1.807, 2.05) is 30.8 Å². The van der Waals surface area contributed by atoms with Gasteiger partial charge in [-0.05, 0) is 71.5 Å². The van der Waals surface area contributed by atoms with Gasteiger partial charge in [-0.3, -0.25) is 9.58 Å². The molecule has 0 spiro atoms. The van der Waals surface area contributed by atoms with Crippen LogP contribution in [0.5, 0.6) is 0 Å². The van der Waals surface area contributed by atoms with Crippen molar-refractivity contribution in [2.75, 3.05) is 13.1 Å². The third kappa shape index (κ3) is 5.39. The zero-order valence-corrected chi connectivity index (χ0v) is 22.1. The first kappa shape index (κ1) is 25.8. The monoisotopic (exact) mass is 512 g/mol. The maximum Gasteiger partial charge on any atom is 0.251 e. The summed E-state index contributed by atoms with van der Waals surface area (Å²) in [5.74, 6) is -2.07. The Balaban J connectivity index is 1.46. The first-order valence-corrected chi connectivity index (χ1v) is 13.6. The minimum Gasteiger partial charge on any atom is -0.375 e. The van der Waals surface area contributed by atoms with E-state index >= 15 is 0 Å². The highest BCUT2D eigenvalue weighted by molar-refractivity contribution is 5.59. The zero-order valence-electron chi connectivity index (χ0n) is 22.1. The molecular formula is C27H38F2N8. The third-order valence-corrected chi connectivity index (χ3v) is 8.08. The maximum absolute atomic E-state index is 14.0. The van der Waals surface area contributed by atoms with E-state index in [4.69, 9.17) is 15.1 Å². The van der Waals surface area contributed by atoms with Gasteiger partial charge in [-0.1, -0.05) is 13.0 Å². The fourth-order valence-corrected chi connectivity index (χ4v) is 5.89. The number of imidazole rings is 1. The Morgan fingerprint density at radius 3 is 2.62 bits per heavy atom. The second-order valence-electron chi connectivity index (χ2n) is 10.6. The molecule has 2 unspecified atom stereocenters. The van der Waals surface area contributed by atoms with Crippen molar-refractivity contribution in [1.29, 1.82) is 0 Å². The quantitative estimate of drug-likeness (QED) is 0.440. The number of aromatic nitrogens is 6. The van der Waals surface area contributed by atoms with Crippen LogP contribution >= 0.6 is 0 Å². The number of aryl methyl sites for hydroxylation is 2. The Morgan fingerprint density at radius 1 is 1.19 bits per heavy atom. The predicted molar refractivity (Wildman–Crippen MR) is 139 cm³/mol. The third-order valence-electron chi connectivity index (χ3n) is 8.08. The molecule has 2 atom stereocenters. The number of hydrogen-bond acceptors (Lipinski definition) is 6. The lowest BCUT2D eigenvalue weighted by molar-refractivity contribution is -0.0493. The molecule has 1 saturated heterocycles. The smallest absolute Gasteiger partial charge is 0.251 e. The number of rotatable bonds is 8. The molecule has 0 radical (unpaired) electrons. The summed E-state index contributed by atoms with van der Waals surface area (Å²) in [4.78, 5) is 12.3. The molecule has 0 aromatic carbocycles. The Bertz CT molecular complexity index is 1230. The maximum atomic E-state index is 14.0. The lowest BCUT2D eigenvalue weighted by Crippen LogP contribution is -2.34. The lowest BCUT2D eigenvalue weighted by atomic mass is 9.81. The Labute approximate surface area is 217 Å². The van der Waals surface area contributed by atoms with Crippen LogP contribution in [0.3, 0.4) is 0 Å². The van der Waals surface area contributed by atoms with Gasteiger partial charge in [0.25, 0.3) is 5.78 Å². The van der Waals surface area contributed by atoms with E-state index in [9.17, 15) is 8.78 Å². The number of nitrogens with zero attached hydrogens (tertiary/aromatic N) is 7. The molecule has 3 aromatic heterocycles. The summed E-state index contributed by atoms with van der Waals surface area (Å²) in [5, 5.41) is 12.7. The number of halogens is 2. The molecule has 1 saturated carbocycles. The van der Waals surface area contributed by atoms with Crippen molar-refractivity contribution in [3.63, 3.8) is 0 Å². The lowest BCUT2D eigenvalue weighted by Gasteiger charge is -2.34. The average Bonchev–Trinajstić information content (AvgIpc) is 3.54. The van der Waals surface area contributed by atoms with E-state index in [2.05, 4.69) is 28.8 Å². The van der Waals surface area contributed by atoms with Crippen molar-refractivity contribution in [2.45, 2.75) is 90.3 Å². The van der Waals surface area contributed by atoms with Gasteiger partial charge in [0.15, 0.2) is 0 Å². The summed E-state index contributed by atoms with van der Waals surface area (Å²) in [6.45, 7) is 13.3. The van der Waals surface area contributed by atoms with Crippen LogP contribution in [0, 0.1) is 12.8 Å². The first-order valence-electron chi connectivity index (χ1n) is 13.6. The van der Waals surface area contributed by atoms with Gasteiger partial charge >= 0.3 is 0 Å². The largest absolute Gasteiger partial charge is 0.375 e. The summed E-state index contributed by atoms with van der Waals surface area (Å²) >= 11 is 0. The molecule has 3 aromatic rings.